The zero-order valence-corrected chi connectivity index (χ0v) is 43.2. The molecule has 0 radical (unpaired) electrons. The van der Waals surface area contributed by atoms with Crippen molar-refractivity contribution in [2.75, 3.05) is 13.2 Å². The van der Waals surface area contributed by atoms with E-state index in [1.807, 2.05) is 0 Å². The van der Waals surface area contributed by atoms with Gasteiger partial charge in [0.1, 0.15) is 13.2 Å². The van der Waals surface area contributed by atoms with Crippen molar-refractivity contribution in [3.05, 3.63) is 0 Å². The van der Waals surface area contributed by atoms with Gasteiger partial charge in [-0.15, -0.1) is 0 Å². The van der Waals surface area contributed by atoms with E-state index < -0.39 is 6.10 Å². The van der Waals surface area contributed by atoms with Crippen LogP contribution >= 0.6 is 0 Å². The maximum atomic E-state index is 12.8. The van der Waals surface area contributed by atoms with Crippen LogP contribution in [0.2, 0.25) is 0 Å². The maximum Gasteiger partial charge on any atom is 0.306 e. The lowest BCUT2D eigenvalue weighted by molar-refractivity contribution is -0.167. The zero-order chi connectivity index (χ0) is 46.1. The highest BCUT2D eigenvalue weighted by Gasteiger charge is 2.19. The summed E-state index contributed by atoms with van der Waals surface area (Å²) in [6.07, 6.45) is 52.2. The molecular formula is C57H110O6. The molecule has 0 fully saturated rings. The summed E-state index contributed by atoms with van der Waals surface area (Å²) in [5.41, 5.74) is 0. The summed E-state index contributed by atoms with van der Waals surface area (Å²) in [6.45, 7) is 11.4. The van der Waals surface area contributed by atoms with Crippen molar-refractivity contribution in [3.8, 4) is 0 Å². The number of hydrogen-bond acceptors (Lipinski definition) is 6. The van der Waals surface area contributed by atoms with E-state index in [-0.39, 0.29) is 31.1 Å². The molecule has 2 atom stereocenters. The van der Waals surface area contributed by atoms with Crippen LogP contribution in [0.3, 0.4) is 0 Å². The van der Waals surface area contributed by atoms with Crippen molar-refractivity contribution in [1.29, 1.82) is 0 Å². The molecule has 0 spiro atoms. The van der Waals surface area contributed by atoms with Crippen molar-refractivity contribution >= 4 is 17.9 Å². The molecule has 0 aliphatic carbocycles. The Morgan fingerprint density at radius 2 is 0.603 bits per heavy atom. The van der Waals surface area contributed by atoms with Crippen molar-refractivity contribution in [2.24, 2.45) is 11.8 Å². The van der Waals surface area contributed by atoms with Crippen LogP contribution < -0.4 is 0 Å². The molecule has 6 nitrogen and oxygen atoms in total. The molecule has 0 aromatic heterocycles. The predicted octanol–water partition coefficient (Wildman–Crippen LogP) is 18.5. The first-order chi connectivity index (χ1) is 30.8. The van der Waals surface area contributed by atoms with Crippen LogP contribution in [0.15, 0.2) is 0 Å². The second kappa shape index (κ2) is 49.8. The Balaban J connectivity index is 4.31. The molecule has 0 aromatic rings. The van der Waals surface area contributed by atoms with Gasteiger partial charge in [0.05, 0.1) is 0 Å². The highest BCUT2D eigenvalue weighted by molar-refractivity contribution is 5.71. The van der Waals surface area contributed by atoms with Crippen LogP contribution in [0, 0.1) is 11.8 Å². The molecule has 0 aromatic carbocycles. The minimum absolute atomic E-state index is 0.0630. The second-order valence-electron chi connectivity index (χ2n) is 20.3. The Bertz CT molecular complexity index is 964. The van der Waals surface area contributed by atoms with E-state index in [4.69, 9.17) is 14.2 Å². The van der Waals surface area contributed by atoms with Crippen molar-refractivity contribution in [2.45, 2.75) is 323 Å². The average molecular weight is 892 g/mol. The summed E-state index contributed by atoms with van der Waals surface area (Å²) in [4.78, 5) is 38.1. The van der Waals surface area contributed by atoms with Crippen LogP contribution in [0.4, 0.5) is 0 Å². The van der Waals surface area contributed by atoms with Crippen LogP contribution in [-0.4, -0.2) is 37.2 Å². The second-order valence-corrected chi connectivity index (χ2v) is 20.3. The molecule has 0 N–H and O–H groups in total. The van der Waals surface area contributed by atoms with E-state index in [9.17, 15) is 14.4 Å². The van der Waals surface area contributed by atoms with Gasteiger partial charge in [-0.3, -0.25) is 14.4 Å². The lowest BCUT2D eigenvalue weighted by Gasteiger charge is -2.18. The molecule has 0 saturated carbocycles. The quantitative estimate of drug-likeness (QED) is 0.0344. The summed E-state index contributed by atoms with van der Waals surface area (Å²) in [5.74, 6) is 0.860. The fourth-order valence-electron chi connectivity index (χ4n) is 8.66. The van der Waals surface area contributed by atoms with Crippen LogP contribution in [0.25, 0.3) is 0 Å². The van der Waals surface area contributed by atoms with Gasteiger partial charge in [0.15, 0.2) is 6.10 Å². The standard InChI is InChI=1S/C57H110O6/c1-6-8-9-10-11-12-13-14-15-16-17-21-27-32-37-42-47-55(58)61-50-54(63-57(60)49-44-39-34-29-24-23-26-31-36-41-46-53(5)7-2)51-62-56(59)48-43-38-33-28-22-19-18-20-25-30-35-40-45-52(3)4/h52-54H,6-51H2,1-5H3/t53?,54-/m1/s1. The third-order valence-electron chi connectivity index (χ3n) is 13.3. The van der Waals surface area contributed by atoms with Crippen molar-refractivity contribution < 1.29 is 28.6 Å². The summed E-state index contributed by atoms with van der Waals surface area (Å²) in [6, 6.07) is 0. The fraction of sp³-hybridized carbons (Fsp3) is 0.947. The smallest absolute Gasteiger partial charge is 0.306 e. The van der Waals surface area contributed by atoms with E-state index in [1.54, 1.807) is 0 Å². The molecule has 0 saturated heterocycles. The molecule has 0 aliphatic heterocycles. The molecule has 0 aliphatic rings. The summed E-state index contributed by atoms with van der Waals surface area (Å²) in [7, 11) is 0. The van der Waals surface area contributed by atoms with E-state index in [0.717, 1.165) is 69.6 Å². The molecular weight excluding hydrogens is 781 g/mol. The summed E-state index contributed by atoms with van der Waals surface area (Å²) in [5, 5.41) is 0. The Morgan fingerprint density at radius 3 is 0.905 bits per heavy atom. The molecule has 0 heterocycles. The topological polar surface area (TPSA) is 78.9 Å². The van der Waals surface area contributed by atoms with Crippen LogP contribution in [0.1, 0.15) is 317 Å². The molecule has 374 valence electrons. The molecule has 6 heteroatoms. The zero-order valence-electron chi connectivity index (χ0n) is 43.2. The van der Waals surface area contributed by atoms with Gasteiger partial charge in [0.2, 0.25) is 0 Å². The first-order valence-corrected chi connectivity index (χ1v) is 28.3. The average Bonchev–Trinajstić information content (AvgIpc) is 3.27. The number of esters is 3. The summed E-state index contributed by atoms with van der Waals surface area (Å²) >= 11 is 0. The number of carbonyl (C=O) groups excluding carboxylic acids is 3. The lowest BCUT2D eigenvalue weighted by Crippen LogP contribution is -2.30. The largest absolute Gasteiger partial charge is 0.462 e. The first kappa shape index (κ1) is 61.4. The van der Waals surface area contributed by atoms with Gasteiger partial charge in [-0.1, -0.05) is 279 Å². The van der Waals surface area contributed by atoms with Gasteiger partial charge in [-0.05, 0) is 31.1 Å². The molecule has 0 rings (SSSR count). The Kier molecular flexibility index (Phi) is 48.6. The number of carbonyl (C=O) groups is 3. The van der Waals surface area contributed by atoms with Crippen LogP contribution in [-0.2, 0) is 28.6 Å². The number of unbranched alkanes of at least 4 members (excludes halogenated alkanes) is 35. The van der Waals surface area contributed by atoms with Gasteiger partial charge in [0, 0.05) is 19.3 Å². The third-order valence-corrected chi connectivity index (χ3v) is 13.3. The molecule has 63 heavy (non-hydrogen) atoms. The highest BCUT2D eigenvalue weighted by Crippen LogP contribution is 2.18. The Morgan fingerprint density at radius 1 is 0.333 bits per heavy atom. The van der Waals surface area contributed by atoms with Gasteiger partial charge in [0.25, 0.3) is 0 Å². The predicted molar refractivity (Wildman–Crippen MR) is 270 cm³/mol. The van der Waals surface area contributed by atoms with Crippen molar-refractivity contribution in [3.63, 3.8) is 0 Å². The van der Waals surface area contributed by atoms with Gasteiger partial charge >= 0.3 is 17.9 Å². The third kappa shape index (κ3) is 49.7. The monoisotopic (exact) mass is 891 g/mol. The number of ether oxygens (including phenoxy) is 3. The maximum absolute atomic E-state index is 12.8. The number of hydrogen-bond donors (Lipinski definition) is 0. The minimum Gasteiger partial charge on any atom is -0.462 e. The van der Waals surface area contributed by atoms with Crippen LogP contribution in [0.5, 0.6) is 0 Å². The SMILES string of the molecule is CCCCCCCCCCCCCCCCCCC(=O)OC[C@H](COC(=O)CCCCCCCCCCCCCCC(C)C)OC(=O)CCCCCCCCCCCCC(C)CC. The summed E-state index contributed by atoms with van der Waals surface area (Å²) < 4.78 is 16.9. The van der Waals surface area contributed by atoms with E-state index >= 15 is 0 Å². The lowest BCUT2D eigenvalue weighted by atomic mass is 9.99. The first-order valence-electron chi connectivity index (χ1n) is 28.3. The molecule has 1 unspecified atom stereocenters. The van der Waals surface area contributed by atoms with E-state index in [1.165, 1.54) is 205 Å². The normalized spacial score (nSPS) is 12.5. The van der Waals surface area contributed by atoms with E-state index in [0.29, 0.717) is 19.3 Å². The van der Waals surface area contributed by atoms with Gasteiger partial charge in [-0.2, -0.15) is 0 Å². The van der Waals surface area contributed by atoms with Gasteiger partial charge < -0.3 is 14.2 Å². The van der Waals surface area contributed by atoms with Crippen molar-refractivity contribution in [1.82, 2.24) is 0 Å². The number of rotatable bonds is 51. The van der Waals surface area contributed by atoms with Gasteiger partial charge in [-0.25, -0.2) is 0 Å². The molecule has 0 bridgehead atoms. The van der Waals surface area contributed by atoms with E-state index in [2.05, 4.69) is 34.6 Å². The minimum atomic E-state index is -0.763. The Labute approximate surface area is 393 Å². The Hall–Kier alpha value is -1.59. The molecule has 0 amide bonds. The highest BCUT2D eigenvalue weighted by atomic mass is 16.6. The fourth-order valence-corrected chi connectivity index (χ4v) is 8.66.